The van der Waals surface area contributed by atoms with Crippen molar-refractivity contribution in [3.63, 3.8) is 0 Å². The first-order valence-corrected chi connectivity index (χ1v) is 8.26. The zero-order valence-corrected chi connectivity index (χ0v) is 14.4. The van der Waals surface area contributed by atoms with Gasteiger partial charge in [-0.15, -0.1) is 0 Å². The lowest BCUT2D eigenvalue weighted by Crippen LogP contribution is -2.41. The molecule has 0 atom stereocenters. The Morgan fingerprint density at radius 3 is 2.00 bits per heavy atom. The molecule has 0 aliphatic rings. The largest absolute Gasteiger partial charge is 0.540 e. The standard InChI is InChI=1S/C17H27OSi/c1-9-14-12-10-11-13(2)15(14)18-19(16(3,4)5)17(6,7)8/h9-12H,1H2,2-8H3. The summed E-state index contributed by atoms with van der Waals surface area (Å²) in [6.07, 6.45) is 1.88. The van der Waals surface area contributed by atoms with Crippen LogP contribution in [0.25, 0.3) is 6.08 Å². The third kappa shape index (κ3) is 3.97. The third-order valence-electron chi connectivity index (χ3n) is 3.03. The molecule has 1 aromatic carbocycles. The van der Waals surface area contributed by atoms with Gasteiger partial charge in [0, 0.05) is 5.56 Å². The van der Waals surface area contributed by atoms with E-state index >= 15 is 0 Å². The second-order valence-electron chi connectivity index (χ2n) is 7.13. The van der Waals surface area contributed by atoms with Crippen LogP contribution in [-0.4, -0.2) is 9.04 Å². The molecule has 0 amide bonds. The van der Waals surface area contributed by atoms with E-state index in [9.17, 15) is 0 Å². The Hall–Kier alpha value is -1.02. The SMILES string of the molecule is C=Cc1cccc(C)c1O[Si](C(C)(C)C)C(C)(C)C. The van der Waals surface area contributed by atoms with Gasteiger partial charge in [-0.25, -0.2) is 0 Å². The van der Waals surface area contributed by atoms with Gasteiger partial charge in [0.05, 0.1) is 0 Å². The average molecular weight is 275 g/mol. The Kier molecular flexibility index (Phi) is 4.67. The topological polar surface area (TPSA) is 9.23 Å². The second-order valence-corrected chi connectivity index (χ2v) is 11.0. The van der Waals surface area contributed by atoms with Gasteiger partial charge >= 0.3 is 0 Å². The Morgan fingerprint density at radius 2 is 1.58 bits per heavy atom. The van der Waals surface area contributed by atoms with Gasteiger partial charge < -0.3 is 4.43 Å². The molecule has 0 saturated carbocycles. The third-order valence-corrected chi connectivity index (χ3v) is 6.16. The van der Waals surface area contributed by atoms with E-state index in [2.05, 4.69) is 73.2 Å². The van der Waals surface area contributed by atoms with Gasteiger partial charge in [-0.3, -0.25) is 0 Å². The maximum atomic E-state index is 6.53. The minimum Gasteiger partial charge on any atom is -0.540 e. The minimum absolute atomic E-state index is 0.184. The highest BCUT2D eigenvalue weighted by molar-refractivity contribution is 6.59. The molecule has 1 aromatic rings. The summed E-state index contributed by atoms with van der Waals surface area (Å²) in [6, 6.07) is 6.23. The molecular formula is C17H27OSi. The van der Waals surface area contributed by atoms with Crippen molar-refractivity contribution in [2.24, 2.45) is 0 Å². The summed E-state index contributed by atoms with van der Waals surface area (Å²) >= 11 is 0. The van der Waals surface area contributed by atoms with Crippen LogP contribution < -0.4 is 4.43 Å². The molecule has 0 fully saturated rings. The molecule has 0 N–H and O–H groups in total. The van der Waals surface area contributed by atoms with E-state index in [4.69, 9.17) is 4.43 Å². The number of hydrogen-bond donors (Lipinski definition) is 0. The molecule has 19 heavy (non-hydrogen) atoms. The zero-order chi connectivity index (χ0) is 14.8. The second kappa shape index (κ2) is 5.54. The Morgan fingerprint density at radius 1 is 1.05 bits per heavy atom. The van der Waals surface area contributed by atoms with E-state index in [1.807, 2.05) is 6.08 Å². The van der Waals surface area contributed by atoms with Gasteiger partial charge in [-0.1, -0.05) is 72.4 Å². The molecule has 0 heterocycles. The minimum atomic E-state index is -1.03. The first-order chi connectivity index (χ1) is 8.57. The van der Waals surface area contributed by atoms with E-state index in [0.717, 1.165) is 11.3 Å². The van der Waals surface area contributed by atoms with Gasteiger partial charge in [0.2, 0.25) is 0 Å². The molecule has 0 spiro atoms. The van der Waals surface area contributed by atoms with E-state index in [1.54, 1.807) is 0 Å². The van der Waals surface area contributed by atoms with Crippen molar-refractivity contribution in [2.45, 2.75) is 58.5 Å². The lowest BCUT2D eigenvalue weighted by atomic mass is 10.1. The maximum Gasteiger partial charge on any atom is 0.292 e. The number of para-hydroxylation sites is 1. The molecule has 0 bridgehead atoms. The normalized spacial score (nSPS) is 12.6. The molecular weight excluding hydrogens is 248 g/mol. The smallest absolute Gasteiger partial charge is 0.292 e. The van der Waals surface area contributed by atoms with Crippen molar-refractivity contribution in [3.05, 3.63) is 35.9 Å². The highest BCUT2D eigenvalue weighted by Crippen LogP contribution is 2.43. The quantitative estimate of drug-likeness (QED) is 0.652. The van der Waals surface area contributed by atoms with Crippen LogP contribution in [0.3, 0.4) is 0 Å². The molecule has 0 aromatic heterocycles. The Balaban J connectivity index is 3.22. The Bertz CT molecular complexity index is 435. The molecule has 1 radical (unpaired) electrons. The van der Waals surface area contributed by atoms with Gasteiger partial charge in [0.1, 0.15) is 5.75 Å². The van der Waals surface area contributed by atoms with Gasteiger partial charge in [-0.05, 0) is 22.6 Å². The molecule has 2 heteroatoms. The summed E-state index contributed by atoms with van der Waals surface area (Å²) in [5.41, 5.74) is 2.28. The lowest BCUT2D eigenvalue weighted by Gasteiger charge is -2.38. The summed E-state index contributed by atoms with van der Waals surface area (Å²) in [4.78, 5) is 0. The van der Waals surface area contributed by atoms with Crippen LogP contribution in [0.5, 0.6) is 5.75 Å². The van der Waals surface area contributed by atoms with E-state index in [1.165, 1.54) is 5.56 Å². The van der Waals surface area contributed by atoms with Crippen LogP contribution in [0.2, 0.25) is 10.1 Å². The highest BCUT2D eigenvalue weighted by atomic mass is 28.3. The molecule has 1 nitrogen and oxygen atoms in total. The molecule has 0 saturated heterocycles. The summed E-state index contributed by atoms with van der Waals surface area (Å²) in [5, 5.41) is 0.368. The summed E-state index contributed by atoms with van der Waals surface area (Å²) < 4.78 is 6.53. The average Bonchev–Trinajstić information content (AvgIpc) is 2.23. The van der Waals surface area contributed by atoms with Gasteiger partial charge in [-0.2, -0.15) is 0 Å². The van der Waals surface area contributed by atoms with Crippen molar-refractivity contribution in [1.29, 1.82) is 0 Å². The van der Waals surface area contributed by atoms with Crippen LogP contribution in [0.15, 0.2) is 24.8 Å². The summed E-state index contributed by atoms with van der Waals surface area (Å²) in [6.45, 7) is 19.7. The molecule has 0 aliphatic carbocycles. The fraction of sp³-hybridized carbons (Fsp3) is 0.529. The molecule has 1 rings (SSSR count). The van der Waals surface area contributed by atoms with Crippen molar-refractivity contribution >= 4 is 15.1 Å². The lowest BCUT2D eigenvalue weighted by molar-refractivity contribution is 0.459. The summed E-state index contributed by atoms with van der Waals surface area (Å²) in [7, 11) is -1.03. The molecule has 0 unspecified atom stereocenters. The molecule has 105 valence electrons. The van der Waals surface area contributed by atoms with E-state index in [-0.39, 0.29) is 10.1 Å². The van der Waals surface area contributed by atoms with Crippen LogP contribution >= 0.6 is 0 Å². The monoisotopic (exact) mass is 275 g/mol. The van der Waals surface area contributed by atoms with Gasteiger partial charge in [0.15, 0.2) is 0 Å². The van der Waals surface area contributed by atoms with Crippen molar-refractivity contribution < 1.29 is 4.43 Å². The van der Waals surface area contributed by atoms with Crippen LogP contribution in [0.4, 0.5) is 0 Å². The van der Waals surface area contributed by atoms with E-state index < -0.39 is 9.04 Å². The predicted molar refractivity (Wildman–Crippen MR) is 87.1 cm³/mol. The number of rotatable bonds is 3. The first kappa shape index (κ1) is 16.0. The number of hydrogen-bond acceptors (Lipinski definition) is 1. The fourth-order valence-electron chi connectivity index (χ4n) is 2.51. The van der Waals surface area contributed by atoms with Gasteiger partial charge in [0.25, 0.3) is 9.04 Å². The summed E-state index contributed by atoms with van der Waals surface area (Å²) in [5.74, 6) is 1.01. The zero-order valence-electron chi connectivity index (χ0n) is 13.4. The molecule has 0 aliphatic heterocycles. The van der Waals surface area contributed by atoms with Crippen molar-refractivity contribution in [2.75, 3.05) is 0 Å². The fourth-order valence-corrected chi connectivity index (χ4v) is 5.85. The van der Waals surface area contributed by atoms with Crippen LogP contribution in [-0.2, 0) is 0 Å². The van der Waals surface area contributed by atoms with Crippen molar-refractivity contribution in [3.8, 4) is 5.75 Å². The number of aryl methyl sites for hydroxylation is 1. The number of benzene rings is 1. The highest BCUT2D eigenvalue weighted by Gasteiger charge is 2.41. The first-order valence-electron chi connectivity index (χ1n) is 6.85. The van der Waals surface area contributed by atoms with E-state index in [0.29, 0.717) is 0 Å². The van der Waals surface area contributed by atoms with Crippen LogP contribution in [0, 0.1) is 6.92 Å². The Labute approximate surface area is 120 Å². The maximum absolute atomic E-state index is 6.53. The van der Waals surface area contributed by atoms with Crippen molar-refractivity contribution in [1.82, 2.24) is 0 Å². The van der Waals surface area contributed by atoms with Crippen LogP contribution in [0.1, 0.15) is 52.7 Å². The predicted octanol–water partition coefficient (Wildman–Crippen LogP) is 5.61.